The van der Waals surface area contributed by atoms with Gasteiger partial charge in [0.1, 0.15) is 30.1 Å². The maximum absolute atomic E-state index is 14.3. The molecule has 0 aliphatic heterocycles. The molecule has 2 atom stereocenters. The second-order valence-electron chi connectivity index (χ2n) is 13.8. The van der Waals surface area contributed by atoms with Crippen molar-refractivity contribution in [3.05, 3.63) is 100 Å². The Balaban J connectivity index is 2.06. The Morgan fingerprint density at radius 2 is 1.49 bits per heavy atom. The minimum absolute atomic E-state index is 0.0100. The second-order valence-corrected chi connectivity index (χ2v) is 13.8. The van der Waals surface area contributed by atoms with E-state index < -0.39 is 41.4 Å². The SMILES string of the molecule is CCCN(CCC)C(=O)c1cc(C(=O)N[C@@H](Cc2cc(F)cc(F)c2)[C@H](O)CN(Cc2cccc(OC)c2)C(=O)OC(C)(C)C)cc(C(C)=NOC)c1. The fraction of sp³-hybridized carbons (Fsp3) is 0.450. The maximum atomic E-state index is 14.3. The van der Waals surface area contributed by atoms with Gasteiger partial charge in [-0.1, -0.05) is 31.1 Å². The molecule has 0 bridgehead atoms. The molecule has 0 radical (unpaired) electrons. The van der Waals surface area contributed by atoms with E-state index in [4.69, 9.17) is 14.3 Å². The third-order valence-electron chi connectivity index (χ3n) is 8.09. The first-order valence-electron chi connectivity index (χ1n) is 17.6. The van der Waals surface area contributed by atoms with Gasteiger partial charge in [-0.3, -0.25) is 9.59 Å². The van der Waals surface area contributed by atoms with Gasteiger partial charge < -0.3 is 34.5 Å². The molecule has 2 N–H and O–H groups in total. The summed E-state index contributed by atoms with van der Waals surface area (Å²) in [5.41, 5.74) is 1.16. The number of nitrogens with zero attached hydrogens (tertiary/aromatic N) is 3. The molecule has 0 aliphatic carbocycles. The van der Waals surface area contributed by atoms with E-state index in [1.165, 1.54) is 31.3 Å². The lowest BCUT2D eigenvalue weighted by Gasteiger charge is -2.32. The highest BCUT2D eigenvalue weighted by atomic mass is 19.1. The molecule has 53 heavy (non-hydrogen) atoms. The highest BCUT2D eigenvalue weighted by molar-refractivity contribution is 6.06. The molecular weight excluding hydrogens is 686 g/mol. The molecule has 0 saturated carbocycles. The van der Waals surface area contributed by atoms with Crippen molar-refractivity contribution in [2.45, 2.75) is 85.1 Å². The van der Waals surface area contributed by atoms with Crippen molar-refractivity contribution in [2.24, 2.45) is 5.16 Å². The van der Waals surface area contributed by atoms with Crippen molar-refractivity contribution in [2.75, 3.05) is 33.9 Å². The number of ether oxygens (including phenoxy) is 2. The zero-order chi connectivity index (χ0) is 39.3. The van der Waals surface area contributed by atoms with Crippen LogP contribution in [0.15, 0.2) is 65.8 Å². The summed E-state index contributed by atoms with van der Waals surface area (Å²) in [7, 11) is 2.90. The largest absolute Gasteiger partial charge is 0.497 e. The summed E-state index contributed by atoms with van der Waals surface area (Å²) in [6, 6.07) is 13.4. The van der Waals surface area contributed by atoms with Crippen LogP contribution >= 0.6 is 0 Å². The van der Waals surface area contributed by atoms with E-state index in [9.17, 15) is 28.3 Å². The number of hydrogen-bond acceptors (Lipinski definition) is 8. The highest BCUT2D eigenvalue weighted by Gasteiger charge is 2.30. The van der Waals surface area contributed by atoms with Gasteiger partial charge in [-0.25, -0.2) is 13.6 Å². The standard InChI is InChI=1S/C40H52F2N4O7/c1-9-14-45(15-10-2)38(49)31-21-29(26(3)44-52-8)20-30(22-31)37(48)43-35(19-28-16-32(41)23-33(42)17-28)36(47)25-46(39(50)53-40(4,5)6)24-27-12-11-13-34(18-27)51-7/h11-13,16-18,20-23,35-36,47H,9-10,14-15,19,24-25H2,1-8H3,(H,43,48)/t35-,36+/m0/s1. The lowest BCUT2D eigenvalue weighted by atomic mass is 9.98. The average molecular weight is 739 g/mol. The Morgan fingerprint density at radius 1 is 0.868 bits per heavy atom. The predicted molar refractivity (Wildman–Crippen MR) is 199 cm³/mol. The van der Waals surface area contributed by atoms with Crippen LogP contribution in [0.4, 0.5) is 13.6 Å². The molecule has 3 aromatic carbocycles. The first kappa shape index (κ1) is 42.4. The van der Waals surface area contributed by atoms with Crippen LogP contribution in [0, 0.1) is 11.6 Å². The molecule has 3 aromatic rings. The normalized spacial score (nSPS) is 12.8. The first-order valence-corrected chi connectivity index (χ1v) is 17.6. The van der Waals surface area contributed by atoms with Crippen LogP contribution in [-0.4, -0.2) is 90.1 Å². The van der Waals surface area contributed by atoms with Gasteiger partial charge in [0.15, 0.2) is 0 Å². The molecule has 0 saturated heterocycles. The van der Waals surface area contributed by atoms with E-state index in [2.05, 4.69) is 10.5 Å². The number of aliphatic hydroxyl groups is 1. The number of nitrogens with one attached hydrogen (secondary N) is 1. The molecule has 0 aliphatic rings. The summed E-state index contributed by atoms with van der Waals surface area (Å²) in [6.45, 7) is 11.5. The fourth-order valence-electron chi connectivity index (χ4n) is 5.71. The number of halogens is 2. The number of carbonyl (C=O) groups excluding carboxylic acids is 3. The molecule has 288 valence electrons. The van der Waals surface area contributed by atoms with Crippen LogP contribution in [0.5, 0.6) is 5.75 Å². The number of carbonyl (C=O) groups is 3. The fourth-order valence-corrected chi connectivity index (χ4v) is 5.71. The van der Waals surface area contributed by atoms with Gasteiger partial charge in [0.2, 0.25) is 0 Å². The average Bonchev–Trinajstić information content (AvgIpc) is 3.09. The van der Waals surface area contributed by atoms with Crippen molar-refractivity contribution < 1.29 is 42.6 Å². The summed E-state index contributed by atoms with van der Waals surface area (Å²) < 4.78 is 39.7. The molecule has 0 heterocycles. The molecule has 0 unspecified atom stereocenters. The zero-order valence-corrected chi connectivity index (χ0v) is 31.9. The van der Waals surface area contributed by atoms with Crippen LogP contribution < -0.4 is 10.1 Å². The molecule has 0 aromatic heterocycles. The van der Waals surface area contributed by atoms with Crippen molar-refractivity contribution in [3.8, 4) is 5.75 Å². The van der Waals surface area contributed by atoms with E-state index in [-0.39, 0.29) is 42.1 Å². The Kier molecular flexibility index (Phi) is 15.7. The topological polar surface area (TPSA) is 130 Å². The zero-order valence-electron chi connectivity index (χ0n) is 31.9. The number of rotatable bonds is 17. The van der Waals surface area contributed by atoms with Gasteiger partial charge in [0.25, 0.3) is 11.8 Å². The van der Waals surface area contributed by atoms with Crippen molar-refractivity contribution in [3.63, 3.8) is 0 Å². The van der Waals surface area contributed by atoms with Crippen LogP contribution in [0.25, 0.3) is 0 Å². The van der Waals surface area contributed by atoms with Gasteiger partial charge in [-0.05, 0) is 101 Å². The Morgan fingerprint density at radius 3 is 2.08 bits per heavy atom. The van der Waals surface area contributed by atoms with E-state index in [1.54, 1.807) is 62.9 Å². The maximum Gasteiger partial charge on any atom is 0.410 e. The molecule has 0 spiro atoms. The number of oxime groups is 1. The van der Waals surface area contributed by atoms with Gasteiger partial charge in [0.05, 0.1) is 31.5 Å². The van der Waals surface area contributed by atoms with Crippen LogP contribution in [0.3, 0.4) is 0 Å². The van der Waals surface area contributed by atoms with E-state index >= 15 is 0 Å². The summed E-state index contributed by atoms with van der Waals surface area (Å²) in [4.78, 5) is 49.2. The number of amides is 3. The molecule has 3 rings (SSSR count). The third kappa shape index (κ3) is 13.2. The number of methoxy groups -OCH3 is 1. The van der Waals surface area contributed by atoms with E-state index in [0.29, 0.717) is 35.7 Å². The minimum atomic E-state index is -1.46. The third-order valence-corrected chi connectivity index (χ3v) is 8.09. The van der Waals surface area contributed by atoms with Crippen molar-refractivity contribution in [1.82, 2.24) is 15.1 Å². The predicted octanol–water partition coefficient (Wildman–Crippen LogP) is 6.75. The minimum Gasteiger partial charge on any atom is -0.497 e. The highest BCUT2D eigenvalue weighted by Crippen LogP contribution is 2.21. The quantitative estimate of drug-likeness (QED) is 0.116. The summed E-state index contributed by atoms with van der Waals surface area (Å²) in [6.07, 6.45) is -0.926. The lowest BCUT2D eigenvalue weighted by Crippen LogP contribution is -2.51. The van der Waals surface area contributed by atoms with Crippen LogP contribution in [0.2, 0.25) is 0 Å². The Hall–Kier alpha value is -5.04. The van der Waals surface area contributed by atoms with Gasteiger partial charge in [0, 0.05) is 42.4 Å². The molecule has 3 amide bonds. The summed E-state index contributed by atoms with van der Waals surface area (Å²) in [5, 5.41) is 18.6. The van der Waals surface area contributed by atoms with Gasteiger partial charge in [-0.15, -0.1) is 0 Å². The van der Waals surface area contributed by atoms with E-state index in [0.717, 1.165) is 31.0 Å². The first-order chi connectivity index (χ1) is 25.1. The second kappa shape index (κ2) is 19.7. The monoisotopic (exact) mass is 738 g/mol. The Bertz CT molecular complexity index is 1720. The van der Waals surface area contributed by atoms with Gasteiger partial charge in [-0.2, -0.15) is 0 Å². The smallest absolute Gasteiger partial charge is 0.410 e. The van der Waals surface area contributed by atoms with E-state index in [1.807, 2.05) is 13.8 Å². The van der Waals surface area contributed by atoms with Gasteiger partial charge >= 0.3 is 6.09 Å². The number of hydrogen-bond donors (Lipinski definition) is 2. The van der Waals surface area contributed by atoms with Crippen LogP contribution in [0.1, 0.15) is 91.8 Å². The summed E-state index contributed by atoms with van der Waals surface area (Å²) in [5.74, 6) is -2.06. The molecule has 13 heteroatoms. The summed E-state index contributed by atoms with van der Waals surface area (Å²) >= 11 is 0. The van der Waals surface area contributed by atoms with Crippen LogP contribution in [-0.2, 0) is 22.5 Å². The number of benzene rings is 3. The Labute approximate surface area is 310 Å². The number of aliphatic hydroxyl groups excluding tert-OH is 1. The lowest BCUT2D eigenvalue weighted by molar-refractivity contribution is 0.00836. The molecule has 0 fully saturated rings. The molecule has 11 nitrogen and oxygen atoms in total. The molecular formula is C40H52F2N4O7. The van der Waals surface area contributed by atoms with Crippen molar-refractivity contribution in [1.29, 1.82) is 0 Å². The van der Waals surface area contributed by atoms with Crippen molar-refractivity contribution >= 4 is 23.6 Å².